The van der Waals surface area contributed by atoms with Crippen LogP contribution in [0.5, 0.6) is 0 Å². The third-order valence-corrected chi connectivity index (χ3v) is 3.21. The molecule has 1 atom stereocenters. The third-order valence-electron chi connectivity index (χ3n) is 3.21. The normalized spacial score (nSPS) is 18.1. The van der Waals surface area contributed by atoms with E-state index in [0.717, 1.165) is 11.1 Å². The van der Waals surface area contributed by atoms with Crippen LogP contribution in [0.3, 0.4) is 0 Å². The Bertz CT molecular complexity index is 517. The van der Waals surface area contributed by atoms with Gasteiger partial charge in [0.1, 0.15) is 6.10 Å². The van der Waals surface area contributed by atoms with Gasteiger partial charge < -0.3 is 9.84 Å². The molecular weight excluding hydrogens is 212 g/mol. The van der Waals surface area contributed by atoms with Crippen LogP contribution in [-0.4, -0.2) is 5.11 Å². The van der Waals surface area contributed by atoms with Crippen LogP contribution in [0.4, 0.5) is 0 Å². The van der Waals surface area contributed by atoms with Gasteiger partial charge in [-0.2, -0.15) is 0 Å². The zero-order chi connectivity index (χ0) is 11.7. The number of benzene rings is 2. The molecular formula is C15H14O2. The number of aliphatic hydroxyl groups excluding tert-OH is 1. The zero-order valence-corrected chi connectivity index (χ0v) is 9.47. The number of ether oxygens (including phenoxy) is 1. The van der Waals surface area contributed by atoms with Crippen LogP contribution in [0.25, 0.3) is 0 Å². The molecule has 1 aliphatic rings. The van der Waals surface area contributed by atoms with Gasteiger partial charge >= 0.3 is 0 Å². The highest BCUT2D eigenvalue weighted by atomic mass is 16.5. The molecule has 0 saturated heterocycles. The van der Waals surface area contributed by atoms with Crippen molar-refractivity contribution in [3.8, 4) is 0 Å². The molecule has 2 nitrogen and oxygen atoms in total. The fourth-order valence-electron chi connectivity index (χ4n) is 2.26. The van der Waals surface area contributed by atoms with E-state index in [1.54, 1.807) is 0 Å². The van der Waals surface area contributed by atoms with Gasteiger partial charge in [-0.25, -0.2) is 0 Å². The quantitative estimate of drug-likeness (QED) is 0.853. The van der Waals surface area contributed by atoms with Crippen LogP contribution in [0.2, 0.25) is 0 Å². The molecule has 17 heavy (non-hydrogen) atoms. The lowest BCUT2D eigenvalue weighted by Gasteiger charge is -2.11. The van der Waals surface area contributed by atoms with Gasteiger partial charge in [-0.3, -0.25) is 0 Å². The summed E-state index contributed by atoms with van der Waals surface area (Å²) in [6, 6.07) is 16.3. The highest BCUT2D eigenvalue weighted by molar-refractivity contribution is 5.39. The maximum Gasteiger partial charge on any atom is 0.108 e. The molecule has 0 fully saturated rings. The van der Waals surface area contributed by atoms with E-state index in [1.165, 1.54) is 11.1 Å². The van der Waals surface area contributed by atoms with E-state index >= 15 is 0 Å². The molecule has 3 rings (SSSR count). The van der Waals surface area contributed by atoms with Crippen molar-refractivity contribution in [2.24, 2.45) is 0 Å². The number of hydrogen-bond donors (Lipinski definition) is 1. The zero-order valence-electron chi connectivity index (χ0n) is 9.47. The van der Waals surface area contributed by atoms with E-state index < -0.39 is 0 Å². The summed E-state index contributed by atoms with van der Waals surface area (Å²) < 4.78 is 5.82. The number of aliphatic hydroxyl groups is 1. The molecule has 1 aliphatic heterocycles. The second kappa shape index (κ2) is 4.32. The van der Waals surface area contributed by atoms with Crippen molar-refractivity contribution >= 4 is 0 Å². The highest BCUT2D eigenvalue weighted by Crippen LogP contribution is 2.35. The van der Waals surface area contributed by atoms with Crippen molar-refractivity contribution in [1.82, 2.24) is 0 Å². The van der Waals surface area contributed by atoms with Crippen LogP contribution in [0, 0.1) is 0 Å². The standard InChI is InChI=1S/C15H14O2/c16-9-11-5-7-12(8-6-11)15-14-4-2-1-3-13(14)10-17-15/h1-8,15-16H,9-10H2. The van der Waals surface area contributed by atoms with Crippen molar-refractivity contribution in [3.05, 3.63) is 70.8 Å². The van der Waals surface area contributed by atoms with Crippen LogP contribution in [0.1, 0.15) is 28.4 Å². The SMILES string of the molecule is OCc1ccc(C2OCc3ccccc32)cc1. The minimum absolute atomic E-state index is 0.0407. The third kappa shape index (κ3) is 1.86. The average Bonchev–Trinajstić information content (AvgIpc) is 2.83. The van der Waals surface area contributed by atoms with E-state index in [4.69, 9.17) is 9.84 Å². The molecule has 0 spiro atoms. The Morgan fingerprint density at radius 3 is 2.59 bits per heavy atom. The van der Waals surface area contributed by atoms with Gasteiger partial charge in [0.25, 0.3) is 0 Å². The van der Waals surface area contributed by atoms with Gasteiger partial charge in [0.05, 0.1) is 13.2 Å². The Hall–Kier alpha value is -1.64. The van der Waals surface area contributed by atoms with Crippen molar-refractivity contribution in [2.45, 2.75) is 19.3 Å². The molecule has 0 aromatic heterocycles. The summed E-state index contributed by atoms with van der Waals surface area (Å²) in [5.74, 6) is 0. The Kier molecular flexibility index (Phi) is 2.67. The molecule has 1 N–H and O–H groups in total. The first-order chi connectivity index (χ1) is 8.38. The van der Waals surface area contributed by atoms with E-state index in [2.05, 4.69) is 12.1 Å². The first kappa shape index (κ1) is 10.5. The highest BCUT2D eigenvalue weighted by Gasteiger charge is 2.23. The van der Waals surface area contributed by atoms with E-state index in [-0.39, 0.29) is 12.7 Å². The fraction of sp³-hybridized carbons (Fsp3) is 0.200. The second-order valence-corrected chi connectivity index (χ2v) is 4.29. The molecule has 2 aromatic rings. The van der Waals surface area contributed by atoms with Crippen LogP contribution in [-0.2, 0) is 18.0 Å². The lowest BCUT2D eigenvalue weighted by Crippen LogP contribution is -1.98. The summed E-state index contributed by atoms with van der Waals surface area (Å²) in [6.45, 7) is 0.769. The Morgan fingerprint density at radius 2 is 1.82 bits per heavy atom. The van der Waals surface area contributed by atoms with Crippen LogP contribution >= 0.6 is 0 Å². The summed E-state index contributed by atoms with van der Waals surface area (Å²) >= 11 is 0. The summed E-state index contributed by atoms with van der Waals surface area (Å²) in [4.78, 5) is 0. The lowest BCUT2D eigenvalue weighted by atomic mass is 9.99. The second-order valence-electron chi connectivity index (χ2n) is 4.29. The van der Waals surface area contributed by atoms with Crippen molar-refractivity contribution in [3.63, 3.8) is 0 Å². The smallest absolute Gasteiger partial charge is 0.108 e. The molecule has 1 unspecified atom stereocenters. The van der Waals surface area contributed by atoms with Gasteiger partial charge in [0.2, 0.25) is 0 Å². The molecule has 2 aromatic carbocycles. The molecule has 86 valence electrons. The summed E-state index contributed by atoms with van der Waals surface area (Å²) in [7, 11) is 0. The summed E-state index contributed by atoms with van der Waals surface area (Å²) in [6.07, 6.45) is 0.0407. The molecule has 1 heterocycles. The molecule has 2 heteroatoms. The molecule has 0 amide bonds. The number of fused-ring (bicyclic) bond motifs is 1. The van der Waals surface area contributed by atoms with Crippen LogP contribution < -0.4 is 0 Å². The first-order valence-corrected chi connectivity index (χ1v) is 5.77. The van der Waals surface area contributed by atoms with E-state index in [1.807, 2.05) is 36.4 Å². The largest absolute Gasteiger partial charge is 0.392 e. The maximum atomic E-state index is 9.02. The number of rotatable bonds is 2. The predicted molar refractivity (Wildman–Crippen MR) is 65.4 cm³/mol. The minimum Gasteiger partial charge on any atom is -0.392 e. The molecule has 0 saturated carbocycles. The average molecular weight is 226 g/mol. The molecule has 0 radical (unpaired) electrons. The van der Waals surface area contributed by atoms with Crippen LogP contribution in [0.15, 0.2) is 48.5 Å². The topological polar surface area (TPSA) is 29.5 Å². The minimum atomic E-state index is 0.0407. The van der Waals surface area contributed by atoms with Gasteiger partial charge in [0, 0.05) is 0 Å². The fourth-order valence-corrected chi connectivity index (χ4v) is 2.26. The predicted octanol–water partition coefficient (Wildman–Crippen LogP) is 2.80. The lowest BCUT2D eigenvalue weighted by molar-refractivity contribution is 0.0939. The van der Waals surface area contributed by atoms with Gasteiger partial charge in [-0.1, -0.05) is 48.5 Å². The monoisotopic (exact) mass is 226 g/mol. The van der Waals surface area contributed by atoms with Crippen molar-refractivity contribution < 1.29 is 9.84 Å². The molecule has 0 bridgehead atoms. The Morgan fingerprint density at radius 1 is 1.06 bits per heavy atom. The van der Waals surface area contributed by atoms with E-state index in [9.17, 15) is 0 Å². The van der Waals surface area contributed by atoms with E-state index in [0.29, 0.717) is 6.61 Å². The van der Waals surface area contributed by atoms with Crippen molar-refractivity contribution in [2.75, 3.05) is 0 Å². The maximum absolute atomic E-state index is 9.02. The Labute approximate surface area is 100 Å². The summed E-state index contributed by atoms with van der Waals surface area (Å²) in [5, 5.41) is 9.02. The van der Waals surface area contributed by atoms with Gasteiger partial charge in [-0.15, -0.1) is 0 Å². The summed E-state index contributed by atoms with van der Waals surface area (Å²) in [5.41, 5.74) is 4.60. The molecule has 0 aliphatic carbocycles. The van der Waals surface area contributed by atoms with Gasteiger partial charge in [-0.05, 0) is 22.3 Å². The first-order valence-electron chi connectivity index (χ1n) is 5.77. The Balaban J connectivity index is 1.95. The van der Waals surface area contributed by atoms with Gasteiger partial charge in [0.15, 0.2) is 0 Å². The number of hydrogen-bond acceptors (Lipinski definition) is 2. The van der Waals surface area contributed by atoms with Crippen molar-refractivity contribution in [1.29, 1.82) is 0 Å².